The summed E-state index contributed by atoms with van der Waals surface area (Å²) >= 11 is 1.48. The van der Waals surface area contributed by atoms with Crippen LogP contribution < -0.4 is 5.32 Å². The first kappa shape index (κ1) is 21.8. The molecule has 0 bridgehead atoms. The normalized spacial score (nSPS) is 25.3. The van der Waals surface area contributed by atoms with Crippen molar-refractivity contribution in [2.24, 2.45) is 11.8 Å². The number of carbonyl (C=O) groups excluding carboxylic acids is 2. The van der Waals surface area contributed by atoms with Crippen molar-refractivity contribution in [3.63, 3.8) is 0 Å². The molecule has 0 radical (unpaired) electrons. The predicted molar refractivity (Wildman–Crippen MR) is 125 cm³/mol. The molecule has 0 aromatic heterocycles. The minimum Gasteiger partial charge on any atom is -0.480 e. The molecule has 2 aromatic rings. The van der Waals surface area contributed by atoms with E-state index >= 15 is 0 Å². The summed E-state index contributed by atoms with van der Waals surface area (Å²) in [6.07, 6.45) is 0.159. The van der Waals surface area contributed by atoms with Crippen LogP contribution in [-0.4, -0.2) is 58.3 Å². The summed E-state index contributed by atoms with van der Waals surface area (Å²) in [4.78, 5) is 38.1. The van der Waals surface area contributed by atoms with Crippen LogP contribution in [0.15, 0.2) is 48.5 Å². The van der Waals surface area contributed by atoms with E-state index in [0.29, 0.717) is 18.7 Å². The van der Waals surface area contributed by atoms with Gasteiger partial charge in [0.25, 0.3) is 0 Å². The highest BCUT2D eigenvalue weighted by Gasteiger charge is 2.50. The number of fused-ring (bicyclic) bond motifs is 3. The van der Waals surface area contributed by atoms with Crippen LogP contribution in [0.4, 0.5) is 4.79 Å². The number of carboxylic acids is 1. The Labute approximate surface area is 196 Å². The lowest BCUT2D eigenvalue weighted by atomic mass is 9.98. The lowest BCUT2D eigenvalue weighted by Crippen LogP contribution is -2.46. The molecule has 172 valence electrons. The maximum absolute atomic E-state index is 12.8. The number of aliphatic carboxylic acids is 1. The Bertz CT molecular complexity index is 1060. The zero-order valence-corrected chi connectivity index (χ0v) is 19.1. The summed E-state index contributed by atoms with van der Waals surface area (Å²) < 4.78 is 5.55. The highest BCUT2D eigenvalue weighted by atomic mass is 32.2. The topological polar surface area (TPSA) is 95.9 Å². The van der Waals surface area contributed by atoms with Crippen LogP contribution in [0.3, 0.4) is 0 Å². The van der Waals surface area contributed by atoms with E-state index in [4.69, 9.17) is 4.74 Å². The lowest BCUT2D eigenvalue weighted by Gasteiger charge is -2.25. The predicted octanol–water partition coefficient (Wildman–Crippen LogP) is 3.54. The summed E-state index contributed by atoms with van der Waals surface area (Å²) in [5, 5.41) is 12.0. The molecule has 2 aromatic carbocycles. The van der Waals surface area contributed by atoms with Crippen molar-refractivity contribution < 1.29 is 24.2 Å². The Morgan fingerprint density at radius 1 is 1.09 bits per heavy atom. The number of ether oxygens (including phenoxy) is 1. The van der Waals surface area contributed by atoms with E-state index < -0.39 is 18.1 Å². The fraction of sp³-hybridized carbons (Fsp3) is 0.400. The van der Waals surface area contributed by atoms with Gasteiger partial charge < -0.3 is 20.1 Å². The van der Waals surface area contributed by atoms with Gasteiger partial charge in [0.15, 0.2) is 0 Å². The second-order valence-electron chi connectivity index (χ2n) is 8.84. The number of carbonyl (C=O) groups is 3. The van der Waals surface area contributed by atoms with Crippen LogP contribution in [0.2, 0.25) is 0 Å². The molecule has 1 saturated carbocycles. The molecule has 2 amide bonds. The van der Waals surface area contributed by atoms with Gasteiger partial charge in [-0.1, -0.05) is 48.5 Å². The molecule has 5 rings (SSSR count). The Kier molecular flexibility index (Phi) is 5.78. The molecule has 2 aliphatic carbocycles. The van der Waals surface area contributed by atoms with E-state index in [1.54, 1.807) is 0 Å². The van der Waals surface area contributed by atoms with Crippen LogP contribution in [0.25, 0.3) is 11.1 Å². The van der Waals surface area contributed by atoms with E-state index in [-0.39, 0.29) is 35.6 Å². The second-order valence-corrected chi connectivity index (χ2v) is 10.2. The van der Waals surface area contributed by atoms with Crippen molar-refractivity contribution in [2.75, 3.05) is 18.9 Å². The third-order valence-electron chi connectivity index (χ3n) is 6.85. The third kappa shape index (κ3) is 4.08. The van der Waals surface area contributed by atoms with Gasteiger partial charge in [-0.25, -0.2) is 9.59 Å². The lowest BCUT2D eigenvalue weighted by molar-refractivity contribution is -0.149. The molecule has 7 nitrogen and oxygen atoms in total. The van der Waals surface area contributed by atoms with Gasteiger partial charge in [0, 0.05) is 24.1 Å². The van der Waals surface area contributed by atoms with Crippen LogP contribution in [0.1, 0.15) is 30.4 Å². The number of hydrogen-bond acceptors (Lipinski definition) is 5. The minimum atomic E-state index is -0.964. The molecular formula is C25H26N2O5S. The van der Waals surface area contributed by atoms with Crippen molar-refractivity contribution in [3.8, 4) is 11.1 Å². The maximum atomic E-state index is 12.8. The third-order valence-corrected chi connectivity index (χ3v) is 8.07. The largest absolute Gasteiger partial charge is 0.480 e. The number of alkyl carbamates (subject to hydrolysis) is 1. The zero-order chi connectivity index (χ0) is 23.1. The van der Waals surface area contributed by atoms with Gasteiger partial charge in [-0.3, -0.25) is 4.79 Å². The number of amides is 2. The van der Waals surface area contributed by atoms with Crippen LogP contribution in [0, 0.1) is 11.8 Å². The molecule has 3 aliphatic rings. The van der Waals surface area contributed by atoms with Crippen molar-refractivity contribution in [2.45, 2.75) is 30.7 Å². The maximum Gasteiger partial charge on any atom is 0.407 e. The Balaban J connectivity index is 1.13. The molecule has 4 unspecified atom stereocenters. The highest BCUT2D eigenvalue weighted by molar-refractivity contribution is 8.00. The van der Waals surface area contributed by atoms with Crippen LogP contribution >= 0.6 is 11.8 Å². The van der Waals surface area contributed by atoms with Crippen LogP contribution in [0.5, 0.6) is 0 Å². The Hall–Kier alpha value is -3.00. The van der Waals surface area contributed by atoms with E-state index in [1.165, 1.54) is 27.8 Å². The van der Waals surface area contributed by atoms with Gasteiger partial charge in [0.05, 0.1) is 5.37 Å². The van der Waals surface area contributed by atoms with Gasteiger partial charge in [-0.15, -0.1) is 11.8 Å². The molecule has 4 atom stereocenters. The Morgan fingerprint density at radius 2 is 1.73 bits per heavy atom. The summed E-state index contributed by atoms with van der Waals surface area (Å²) in [5.41, 5.74) is 4.67. The van der Waals surface area contributed by atoms with Crippen molar-refractivity contribution in [1.29, 1.82) is 0 Å². The van der Waals surface area contributed by atoms with Gasteiger partial charge >= 0.3 is 12.1 Å². The van der Waals surface area contributed by atoms with E-state index in [2.05, 4.69) is 29.6 Å². The van der Waals surface area contributed by atoms with E-state index in [0.717, 1.165) is 11.1 Å². The van der Waals surface area contributed by atoms with Crippen molar-refractivity contribution >= 4 is 29.7 Å². The minimum absolute atomic E-state index is 0.000470. The number of nitrogens with zero attached hydrogens (tertiary/aromatic N) is 1. The molecule has 2 N–H and O–H groups in total. The van der Waals surface area contributed by atoms with Gasteiger partial charge in [0.2, 0.25) is 5.91 Å². The fourth-order valence-electron chi connectivity index (χ4n) is 5.00. The zero-order valence-electron chi connectivity index (χ0n) is 18.3. The molecular weight excluding hydrogens is 440 g/mol. The van der Waals surface area contributed by atoms with E-state index in [9.17, 15) is 19.5 Å². The van der Waals surface area contributed by atoms with Gasteiger partial charge in [-0.05, 0) is 41.5 Å². The summed E-state index contributed by atoms with van der Waals surface area (Å²) in [6, 6.07) is 15.6. The molecule has 2 fully saturated rings. The average Bonchev–Trinajstić information content (AvgIpc) is 3.39. The Morgan fingerprint density at radius 3 is 2.36 bits per heavy atom. The molecule has 1 saturated heterocycles. The quantitative estimate of drug-likeness (QED) is 0.676. The SMILES string of the molecule is CC1SCC(C(=O)O)N1C(=O)C1CC1CNC(=O)OCC1c2ccccc2-c2ccccc21. The fourth-order valence-corrected chi connectivity index (χ4v) is 6.17. The number of nitrogens with one attached hydrogen (secondary N) is 1. The molecule has 33 heavy (non-hydrogen) atoms. The van der Waals surface area contributed by atoms with Gasteiger partial charge in [-0.2, -0.15) is 0 Å². The van der Waals surface area contributed by atoms with Crippen molar-refractivity contribution in [3.05, 3.63) is 59.7 Å². The van der Waals surface area contributed by atoms with Crippen LogP contribution in [-0.2, 0) is 14.3 Å². The average molecular weight is 467 g/mol. The number of benzene rings is 2. The first-order valence-electron chi connectivity index (χ1n) is 11.2. The summed E-state index contributed by atoms with van der Waals surface area (Å²) in [6.45, 7) is 2.45. The van der Waals surface area contributed by atoms with Crippen molar-refractivity contribution in [1.82, 2.24) is 10.2 Å². The number of carboxylic acid groups (broad SMARTS) is 1. The summed E-state index contributed by atoms with van der Waals surface area (Å²) in [5.74, 6) is -0.890. The monoisotopic (exact) mass is 466 g/mol. The highest BCUT2D eigenvalue weighted by Crippen LogP contribution is 2.45. The number of thioether (sulfide) groups is 1. The summed E-state index contributed by atoms with van der Waals surface area (Å²) in [7, 11) is 0. The van der Waals surface area contributed by atoms with Gasteiger partial charge in [0.1, 0.15) is 12.6 Å². The first-order valence-corrected chi connectivity index (χ1v) is 12.3. The first-order chi connectivity index (χ1) is 16.0. The smallest absolute Gasteiger partial charge is 0.407 e. The molecule has 8 heteroatoms. The molecule has 1 aliphatic heterocycles. The number of rotatable bonds is 6. The molecule has 0 spiro atoms. The standard InChI is InChI=1S/C25H26N2O5S/c1-14-27(22(13-33-14)24(29)30)23(28)20-10-15(20)11-26-25(31)32-12-21-18-8-4-2-6-16(18)17-7-3-5-9-19(17)21/h2-9,14-15,20-22H,10-13H2,1H3,(H,26,31)(H,29,30). The second kappa shape index (κ2) is 8.74. The molecule has 1 heterocycles. The van der Waals surface area contributed by atoms with E-state index in [1.807, 2.05) is 31.2 Å². The number of hydrogen-bond donors (Lipinski definition) is 2.